The third-order valence-corrected chi connectivity index (χ3v) is 8.44. The number of nitro groups is 1. The van der Waals surface area contributed by atoms with E-state index in [0.717, 1.165) is 28.0 Å². The SMILES string of the molecule is CN(C)Cc1c(-c2ccc([N+](=O)[O-])cc2)sc2c1c(=O)n(-c1ccc(OC3COC3)nc1)c(=O)n2Cc1c(F)cccc1F. The first kappa shape index (κ1) is 29.3. The van der Waals surface area contributed by atoms with Crippen LogP contribution in [0.15, 0.2) is 70.4 Å². The molecule has 1 fully saturated rings. The molecule has 0 aliphatic carbocycles. The Labute approximate surface area is 252 Å². The summed E-state index contributed by atoms with van der Waals surface area (Å²) in [6.07, 6.45) is 1.18. The lowest BCUT2D eigenvalue weighted by Crippen LogP contribution is -2.39. The van der Waals surface area contributed by atoms with Crippen LogP contribution in [0.3, 0.4) is 0 Å². The van der Waals surface area contributed by atoms with Gasteiger partial charge in [0.15, 0.2) is 0 Å². The molecule has 2 aromatic carbocycles. The molecule has 0 atom stereocenters. The second-order valence-electron chi connectivity index (χ2n) is 10.5. The number of ether oxygens (including phenoxy) is 2. The fraction of sp³-hybridized carbons (Fsp3) is 0.233. The summed E-state index contributed by atoms with van der Waals surface area (Å²) in [7, 11) is 3.62. The monoisotopic (exact) mass is 621 g/mol. The normalized spacial score (nSPS) is 13.4. The Bertz CT molecular complexity index is 1980. The van der Waals surface area contributed by atoms with E-state index in [9.17, 15) is 28.5 Å². The molecule has 1 aliphatic heterocycles. The van der Waals surface area contributed by atoms with Gasteiger partial charge < -0.3 is 14.4 Å². The Hall–Kier alpha value is -4.79. The quantitative estimate of drug-likeness (QED) is 0.176. The largest absolute Gasteiger partial charge is 0.469 e. The molecule has 5 aromatic rings. The minimum absolute atomic E-state index is 0.108. The fourth-order valence-electron chi connectivity index (χ4n) is 4.94. The van der Waals surface area contributed by atoms with Crippen molar-refractivity contribution in [1.29, 1.82) is 0 Å². The maximum absolute atomic E-state index is 14.9. The molecule has 1 saturated heterocycles. The van der Waals surface area contributed by atoms with Crippen LogP contribution in [0.5, 0.6) is 5.88 Å². The summed E-state index contributed by atoms with van der Waals surface area (Å²) < 4.78 is 42.6. The Morgan fingerprint density at radius 1 is 1.07 bits per heavy atom. The average molecular weight is 622 g/mol. The molecule has 3 aromatic heterocycles. The van der Waals surface area contributed by atoms with Crippen LogP contribution in [0.1, 0.15) is 11.1 Å². The van der Waals surface area contributed by atoms with E-state index in [1.807, 2.05) is 19.0 Å². The molecule has 0 radical (unpaired) electrons. The van der Waals surface area contributed by atoms with Gasteiger partial charge >= 0.3 is 5.69 Å². The lowest BCUT2D eigenvalue weighted by molar-refractivity contribution is -0.384. The number of hydrogen-bond acceptors (Lipinski definition) is 9. The van der Waals surface area contributed by atoms with Crippen molar-refractivity contribution in [2.75, 3.05) is 27.3 Å². The number of pyridine rings is 1. The van der Waals surface area contributed by atoms with Gasteiger partial charge in [0.05, 0.1) is 42.0 Å². The standard InChI is InChI=1S/C30H25F2N5O6S/c1-34(2)13-22-26-28(38)36(19-10-11-25(33-12-19)43-20-15-42-16-20)30(39)35(14-21-23(31)4-3-5-24(21)32)29(26)44-27(22)17-6-8-18(9-7-17)37(40)41/h3-12,20H,13-16H2,1-2H3. The summed E-state index contributed by atoms with van der Waals surface area (Å²) in [5.74, 6) is -1.40. The molecule has 0 N–H and O–H groups in total. The minimum Gasteiger partial charge on any atom is -0.469 e. The summed E-state index contributed by atoms with van der Waals surface area (Å²) in [5.41, 5.74) is -0.628. The fourth-order valence-corrected chi connectivity index (χ4v) is 6.24. The van der Waals surface area contributed by atoms with Gasteiger partial charge in [-0.05, 0) is 55.6 Å². The second kappa shape index (κ2) is 11.7. The van der Waals surface area contributed by atoms with Crippen molar-refractivity contribution < 1.29 is 23.2 Å². The van der Waals surface area contributed by atoms with Crippen molar-refractivity contribution in [2.24, 2.45) is 0 Å². The molecule has 1 aliphatic rings. The van der Waals surface area contributed by atoms with Crippen LogP contribution in [0.25, 0.3) is 26.3 Å². The minimum atomic E-state index is -0.841. The van der Waals surface area contributed by atoms with Gasteiger partial charge in [0.2, 0.25) is 5.88 Å². The van der Waals surface area contributed by atoms with Crippen molar-refractivity contribution >= 4 is 27.2 Å². The van der Waals surface area contributed by atoms with E-state index in [4.69, 9.17) is 9.47 Å². The van der Waals surface area contributed by atoms with Gasteiger partial charge in [0.1, 0.15) is 22.6 Å². The smallest absolute Gasteiger partial charge is 0.337 e. The number of hydrogen-bond donors (Lipinski definition) is 0. The van der Waals surface area contributed by atoms with E-state index in [-0.39, 0.29) is 45.7 Å². The molecule has 0 unspecified atom stereocenters. The molecule has 226 valence electrons. The highest BCUT2D eigenvalue weighted by Crippen LogP contribution is 2.38. The highest BCUT2D eigenvalue weighted by atomic mass is 32.1. The van der Waals surface area contributed by atoms with Gasteiger partial charge in [0.25, 0.3) is 11.2 Å². The van der Waals surface area contributed by atoms with Crippen molar-refractivity contribution in [3.8, 4) is 22.0 Å². The zero-order valence-electron chi connectivity index (χ0n) is 23.5. The summed E-state index contributed by atoms with van der Waals surface area (Å²) in [4.78, 5) is 45.9. The van der Waals surface area contributed by atoms with Crippen molar-refractivity contribution in [2.45, 2.75) is 19.2 Å². The maximum atomic E-state index is 14.9. The Morgan fingerprint density at radius 3 is 2.34 bits per heavy atom. The molecule has 4 heterocycles. The third-order valence-electron chi connectivity index (χ3n) is 7.14. The molecule has 11 nitrogen and oxygen atoms in total. The number of aromatic nitrogens is 3. The number of halogens is 2. The van der Waals surface area contributed by atoms with E-state index < -0.39 is 34.4 Å². The Balaban J connectivity index is 1.61. The van der Waals surface area contributed by atoms with E-state index in [0.29, 0.717) is 29.2 Å². The first-order valence-electron chi connectivity index (χ1n) is 13.5. The molecule has 44 heavy (non-hydrogen) atoms. The van der Waals surface area contributed by atoms with E-state index >= 15 is 0 Å². The molecule has 0 spiro atoms. The molecule has 14 heteroatoms. The number of thiophene rings is 1. The van der Waals surface area contributed by atoms with E-state index in [1.165, 1.54) is 41.1 Å². The van der Waals surface area contributed by atoms with E-state index in [1.54, 1.807) is 12.1 Å². The predicted octanol–water partition coefficient (Wildman–Crippen LogP) is 4.35. The number of non-ortho nitro benzene ring substituents is 1. The van der Waals surface area contributed by atoms with Crippen LogP contribution < -0.4 is 16.0 Å². The summed E-state index contributed by atoms with van der Waals surface area (Å²) in [5, 5.41) is 11.4. The van der Waals surface area contributed by atoms with Gasteiger partial charge in [-0.15, -0.1) is 11.3 Å². The topological polar surface area (TPSA) is 122 Å². The zero-order valence-corrected chi connectivity index (χ0v) is 24.3. The van der Waals surface area contributed by atoms with Crippen LogP contribution in [-0.2, 0) is 17.8 Å². The summed E-state index contributed by atoms with van der Waals surface area (Å²) in [6.45, 7) is 0.635. The first-order valence-corrected chi connectivity index (χ1v) is 14.3. The van der Waals surface area contributed by atoms with E-state index in [2.05, 4.69) is 4.98 Å². The Kier molecular flexibility index (Phi) is 7.80. The molecule has 0 amide bonds. The highest BCUT2D eigenvalue weighted by molar-refractivity contribution is 7.22. The Morgan fingerprint density at radius 2 is 1.77 bits per heavy atom. The van der Waals surface area contributed by atoms with Crippen LogP contribution in [0, 0.1) is 21.7 Å². The van der Waals surface area contributed by atoms with Crippen molar-refractivity contribution in [1.82, 2.24) is 19.0 Å². The van der Waals surface area contributed by atoms with Crippen LogP contribution in [0.2, 0.25) is 0 Å². The first-order chi connectivity index (χ1) is 21.1. The van der Waals surface area contributed by atoms with Gasteiger partial charge in [-0.2, -0.15) is 0 Å². The molecule has 6 rings (SSSR count). The van der Waals surface area contributed by atoms with Gasteiger partial charge in [0, 0.05) is 35.2 Å². The molecule has 0 bridgehead atoms. The average Bonchev–Trinajstić information content (AvgIpc) is 3.33. The van der Waals surface area contributed by atoms with Gasteiger partial charge in [-0.1, -0.05) is 6.07 Å². The lowest BCUT2D eigenvalue weighted by Gasteiger charge is -2.26. The molecule has 0 saturated carbocycles. The molecular weight excluding hydrogens is 596 g/mol. The number of fused-ring (bicyclic) bond motifs is 1. The van der Waals surface area contributed by atoms with Crippen molar-refractivity contribution in [3.05, 3.63) is 115 Å². The van der Waals surface area contributed by atoms with Crippen LogP contribution in [0.4, 0.5) is 14.5 Å². The maximum Gasteiger partial charge on any atom is 0.337 e. The lowest BCUT2D eigenvalue weighted by atomic mass is 10.1. The zero-order chi connectivity index (χ0) is 31.1. The summed E-state index contributed by atoms with van der Waals surface area (Å²) in [6, 6.07) is 12.3. The van der Waals surface area contributed by atoms with Gasteiger partial charge in [-0.25, -0.2) is 23.1 Å². The number of nitrogens with zero attached hydrogens (tertiary/aromatic N) is 5. The predicted molar refractivity (Wildman–Crippen MR) is 160 cm³/mol. The second-order valence-corrected chi connectivity index (χ2v) is 11.5. The number of benzene rings is 2. The third kappa shape index (κ3) is 5.38. The number of nitro benzene ring substituents is 1. The van der Waals surface area contributed by atoms with Crippen LogP contribution in [-0.4, -0.2) is 57.4 Å². The van der Waals surface area contributed by atoms with Crippen molar-refractivity contribution in [3.63, 3.8) is 0 Å². The van der Waals surface area contributed by atoms with Crippen LogP contribution >= 0.6 is 11.3 Å². The highest BCUT2D eigenvalue weighted by Gasteiger charge is 2.26. The van der Waals surface area contributed by atoms with Gasteiger partial charge in [-0.3, -0.25) is 19.5 Å². The molecular formula is C30H25F2N5O6S. The number of rotatable bonds is 9. The summed E-state index contributed by atoms with van der Waals surface area (Å²) >= 11 is 1.10.